The van der Waals surface area contributed by atoms with Crippen LogP contribution in [-0.4, -0.2) is 31.7 Å². The first kappa shape index (κ1) is 23.0. The predicted molar refractivity (Wildman–Crippen MR) is 116 cm³/mol. The number of nitrogens with zero attached hydrogens (tertiary/aromatic N) is 1. The van der Waals surface area contributed by atoms with Crippen LogP contribution in [0.3, 0.4) is 0 Å². The Labute approximate surface area is 186 Å². The zero-order chi connectivity index (χ0) is 22.1. The number of halogens is 3. The lowest BCUT2D eigenvalue weighted by atomic mass is 9.94. The lowest BCUT2D eigenvalue weighted by molar-refractivity contribution is 0.0946. The molecular formula is C21H23Cl2FN2O3S. The molecule has 2 unspecified atom stereocenters. The van der Waals surface area contributed by atoms with Gasteiger partial charge in [0.25, 0.3) is 5.91 Å². The first-order valence-corrected chi connectivity index (χ1v) is 11.8. The van der Waals surface area contributed by atoms with Crippen LogP contribution in [0.4, 0.5) is 4.39 Å². The number of amides is 1. The lowest BCUT2D eigenvalue weighted by Gasteiger charge is -2.34. The Balaban J connectivity index is 1.80. The Kier molecular flexibility index (Phi) is 7.07. The van der Waals surface area contributed by atoms with Gasteiger partial charge in [0.15, 0.2) is 0 Å². The van der Waals surface area contributed by atoms with Crippen molar-refractivity contribution < 1.29 is 17.6 Å². The van der Waals surface area contributed by atoms with E-state index < -0.39 is 21.7 Å². The molecule has 0 radical (unpaired) electrons. The SMILES string of the molecule is CC1CC(C)CN(S(=O)(=O)c2ccc(F)c(C(=O)NCc3ccc(Cl)c(Cl)c3)c2)C1. The third-order valence-corrected chi connectivity index (χ3v) is 7.66. The predicted octanol–water partition coefficient (Wildman–Crippen LogP) is 4.73. The van der Waals surface area contributed by atoms with Gasteiger partial charge in [-0.2, -0.15) is 4.31 Å². The Morgan fingerprint density at radius 2 is 1.77 bits per heavy atom. The molecule has 1 heterocycles. The lowest BCUT2D eigenvalue weighted by Crippen LogP contribution is -2.42. The molecule has 1 aliphatic heterocycles. The van der Waals surface area contributed by atoms with E-state index in [1.54, 1.807) is 18.2 Å². The first-order chi connectivity index (χ1) is 14.1. The maximum absolute atomic E-state index is 14.3. The summed E-state index contributed by atoms with van der Waals surface area (Å²) in [5.74, 6) is -1.03. The fourth-order valence-electron chi connectivity index (χ4n) is 3.72. The second-order valence-electron chi connectivity index (χ2n) is 7.84. The summed E-state index contributed by atoms with van der Waals surface area (Å²) in [5.41, 5.74) is 0.354. The van der Waals surface area contributed by atoms with Crippen LogP contribution in [0.5, 0.6) is 0 Å². The van der Waals surface area contributed by atoms with E-state index in [2.05, 4.69) is 5.32 Å². The summed E-state index contributed by atoms with van der Waals surface area (Å²) in [4.78, 5) is 12.4. The Morgan fingerprint density at radius 1 is 1.10 bits per heavy atom. The number of hydrogen-bond donors (Lipinski definition) is 1. The molecule has 0 spiro atoms. The molecule has 1 aliphatic rings. The van der Waals surface area contributed by atoms with Crippen LogP contribution >= 0.6 is 23.2 Å². The third-order valence-electron chi connectivity index (χ3n) is 5.09. The Hall–Kier alpha value is -1.67. The van der Waals surface area contributed by atoms with Crippen molar-refractivity contribution in [2.24, 2.45) is 11.8 Å². The topological polar surface area (TPSA) is 66.5 Å². The fourth-order valence-corrected chi connectivity index (χ4v) is 5.74. The van der Waals surface area contributed by atoms with Crippen molar-refractivity contribution in [1.29, 1.82) is 0 Å². The van der Waals surface area contributed by atoms with Crippen molar-refractivity contribution in [3.05, 3.63) is 63.4 Å². The van der Waals surface area contributed by atoms with Crippen molar-refractivity contribution in [3.63, 3.8) is 0 Å². The molecule has 1 N–H and O–H groups in total. The standard InChI is InChI=1S/C21H23Cl2FN2O3S/c1-13-7-14(2)12-26(11-13)30(28,29)16-4-6-20(24)17(9-16)21(27)25-10-15-3-5-18(22)19(23)8-15/h3-6,8-9,13-14H,7,10-12H2,1-2H3,(H,25,27). The minimum Gasteiger partial charge on any atom is -0.348 e. The van der Waals surface area contributed by atoms with Crippen LogP contribution in [0.15, 0.2) is 41.3 Å². The van der Waals surface area contributed by atoms with Crippen molar-refractivity contribution in [2.45, 2.75) is 31.7 Å². The van der Waals surface area contributed by atoms with Crippen LogP contribution in [0.1, 0.15) is 36.2 Å². The fraction of sp³-hybridized carbons (Fsp3) is 0.381. The summed E-state index contributed by atoms with van der Waals surface area (Å²) >= 11 is 11.8. The van der Waals surface area contributed by atoms with E-state index in [0.29, 0.717) is 28.7 Å². The monoisotopic (exact) mass is 472 g/mol. The van der Waals surface area contributed by atoms with E-state index in [-0.39, 0.29) is 28.8 Å². The summed E-state index contributed by atoms with van der Waals surface area (Å²) in [6.45, 7) is 4.91. The first-order valence-electron chi connectivity index (χ1n) is 9.59. The second kappa shape index (κ2) is 9.22. The van der Waals surface area contributed by atoms with Crippen LogP contribution in [-0.2, 0) is 16.6 Å². The molecule has 2 atom stereocenters. The van der Waals surface area contributed by atoms with Crippen LogP contribution in [0, 0.1) is 17.7 Å². The summed E-state index contributed by atoms with van der Waals surface area (Å²) in [5, 5.41) is 3.31. The van der Waals surface area contributed by atoms with Gasteiger partial charge in [0.2, 0.25) is 10.0 Å². The number of sulfonamides is 1. The Bertz CT molecular complexity index is 1050. The summed E-state index contributed by atoms with van der Waals surface area (Å²) in [7, 11) is -3.82. The molecule has 0 aliphatic carbocycles. The summed E-state index contributed by atoms with van der Waals surface area (Å²) in [6.07, 6.45) is 0.956. The highest BCUT2D eigenvalue weighted by molar-refractivity contribution is 7.89. The zero-order valence-electron chi connectivity index (χ0n) is 16.7. The molecule has 1 fully saturated rings. The maximum atomic E-state index is 14.3. The molecule has 2 aromatic rings. The number of carbonyl (C=O) groups is 1. The van der Waals surface area contributed by atoms with Gasteiger partial charge in [0.1, 0.15) is 5.82 Å². The van der Waals surface area contributed by atoms with Gasteiger partial charge in [0.05, 0.1) is 20.5 Å². The largest absolute Gasteiger partial charge is 0.348 e. The van der Waals surface area contributed by atoms with Gasteiger partial charge < -0.3 is 5.32 Å². The van der Waals surface area contributed by atoms with Crippen molar-refractivity contribution >= 4 is 39.1 Å². The van der Waals surface area contributed by atoms with Crippen molar-refractivity contribution in [1.82, 2.24) is 9.62 Å². The number of rotatable bonds is 5. The summed E-state index contributed by atoms with van der Waals surface area (Å²) < 4.78 is 41.8. The van der Waals surface area contributed by atoms with E-state index in [1.807, 2.05) is 13.8 Å². The highest BCUT2D eigenvalue weighted by Gasteiger charge is 2.32. The van der Waals surface area contributed by atoms with E-state index in [4.69, 9.17) is 23.2 Å². The minimum atomic E-state index is -3.82. The minimum absolute atomic E-state index is 0.0906. The third kappa shape index (κ3) is 5.14. The molecule has 2 aromatic carbocycles. The smallest absolute Gasteiger partial charge is 0.254 e. The molecule has 0 saturated carbocycles. The molecule has 1 amide bonds. The number of hydrogen-bond acceptors (Lipinski definition) is 3. The molecule has 0 aromatic heterocycles. The highest BCUT2D eigenvalue weighted by Crippen LogP contribution is 2.27. The van der Waals surface area contributed by atoms with Crippen LogP contribution in [0.2, 0.25) is 10.0 Å². The molecule has 162 valence electrons. The normalized spacial score (nSPS) is 20.2. The molecule has 9 heteroatoms. The maximum Gasteiger partial charge on any atom is 0.254 e. The quantitative estimate of drug-likeness (QED) is 0.683. The molecule has 3 rings (SSSR count). The average molecular weight is 473 g/mol. The van der Waals surface area contributed by atoms with Crippen molar-refractivity contribution in [2.75, 3.05) is 13.1 Å². The number of piperidine rings is 1. The number of carbonyl (C=O) groups excluding carboxylic acids is 1. The molecule has 30 heavy (non-hydrogen) atoms. The van der Waals surface area contributed by atoms with Gasteiger partial charge in [-0.05, 0) is 54.2 Å². The van der Waals surface area contributed by atoms with Crippen LogP contribution < -0.4 is 5.32 Å². The summed E-state index contributed by atoms with van der Waals surface area (Å²) in [6, 6.07) is 8.19. The number of nitrogens with one attached hydrogen (secondary N) is 1. The van der Waals surface area contributed by atoms with Crippen molar-refractivity contribution in [3.8, 4) is 0 Å². The van der Waals surface area contributed by atoms with Gasteiger partial charge in [-0.1, -0.05) is 43.1 Å². The van der Waals surface area contributed by atoms with Gasteiger partial charge >= 0.3 is 0 Å². The highest BCUT2D eigenvalue weighted by atomic mass is 35.5. The second-order valence-corrected chi connectivity index (χ2v) is 10.6. The zero-order valence-corrected chi connectivity index (χ0v) is 19.0. The molecule has 0 bridgehead atoms. The molecule has 1 saturated heterocycles. The molecular weight excluding hydrogens is 450 g/mol. The van der Waals surface area contributed by atoms with Gasteiger partial charge in [-0.25, -0.2) is 12.8 Å². The van der Waals surface area contributed by atoms with E-state index >= 15 is 0 Å². The number of benzene rings is 2. The van der Waals surface area contributed by atoms with E-state index in [9.17, 15) is 17.6 Å². The van der Waals surface area contributed by atoms with E-state index in [0.717, 1.165) is 18.6 Å². The molecule has 5 nitrogen and oxygen atoms in total. The van der Waals surface area contributed by atoms with Crippen LogP contribution in [0.25, 0.3) is 0 Å². The van der Waals surface area contributed by atoms with Gasteiger partial charge in [-0.3, -0.25) is 4.79 Å². The average Bonchev–Trinajstić information content (AvgIpc) is 2.68. The van der Waals surface area contributed by atoms with Gasteiger partial charge in [0, 0.05) is 19.6 Å². The van der Waals surface area contributed by atoms with E-state index in [1.165, 1.54) is 10.4 Å². The van der Waals surface area contributed by atoms with Gasteiger partial charge in [-0.15, -0.1) is 0 Å². The Morgan fingerprint density at radius 3 is 2.40 bits per heavy atom.